The van der Waals surface area contributed by atoms with Crippen molar-refractivity contribution >= 4 is 39.9 Å². The van der Waals surface area contributed by atoms with Crippen LogP contribution in [0.1, 0.15) is 44.5 Å². The second-order valence-electron chi connectivity index (χ2n) is 4.89. The van der Waals surface area contributed by atoms with E-state index in [1.165, 1.54) is 17.7 Å². The summed E-state index contributed by atoms with van der Waals surface area (Å²) in [6.45, 7) is 7.67. The molecule has 0 bridgehead atoms. The van der Waals surface area contributed by atoms with E-state index < -0.39 is 0 Å². The number of halogens is 1. The van der Waals surface area contributed by atoms with Gasteiger partial charge < -0.3 is 5.32 Å². The van der Waals surface area contributed by atoms with Crippen LogP contribution in [0.5, 0.6) is 0 Å². The van der Waals surface area contributed by atoms with Crippen LogP contribution in [0.25, 0.3) is 0 Å². The predicted octanol–water partition coefficient (Wildman–Crippen LogP) is 4.96. The van der Waals surface area contributed by atoms with Crippen LogP contribution in [-0.4, -0.2) is 17.0 Å². The molecule has 0 amide bonds. The second-order valence-corrected chi connectivity index (χ2v) is 7.86. The molecule has 0 radical (unpaired) electrons. The molecular weight excluding hydrogens is 296 g/mol. The number of rotatable bonds is 5. The molecule has 2 nitrogen and oxygen atoms in total. The molecule has 1 N–H and O–H groups in total. The van der Waals surface area contributed by atoms with Gasteiger partial charge in [-0.25, -0.2) is 0 Å². The van der Waals surface area contributed by atoms with Gasteiger partial charge in [-0.05, 0) is 25.0 Å². The van der Waals surface area contributed by atoms with Crippen molar-refractivity contribution in [1.29, 1.82) is 0 Å². The van der Waals surface area contributed by atoms with E-state index in [1.807, 2.05) is 17.8 Å². The Morgan fingerprint density at radius 3 is 2.74 bits per heavy atom. The maximum Gasteiger partial charge on any atom is 0.157 e. The normalized spacial score (nSPS) is 20.7. The van der Waals surface area contributed by atoms with Gasteiger partial charge in [-0.3, -0.25) is 4.99 Å². The molecule has 0 spiro atoms. The fourth-order valence-electron chi connectivity index (χ4n) is 2.35. The standard InChI is InChI=1S/C14H21ClN2S2/c1-4-10(5-2)12-8-16-14(19-12)17-9(3)11-6-7-13(15)18-11/h6-7,9-10,12H,4-5,8H2,1-3H3,(H,16,17). The maximum absolute atomic E-state index is 5.98. The number of hydrogen-bond acceptors (Lipinski definition) is 4. The SMILES string of the molecule is CCC(CC)C1CN=C(NC(C)c2ccc(Cl)s2)S1. The molecule has 1 aliphatic rings. The van der Waals surface area contributed by atoms with E-state index in [0.29, 0.717) is 5.25 Å². The molecule has 5 heteroatoms. The quantitative estimate of drug-likeness (QED) is 0.830. The Balaban J connectivity index is 1.88. The van der Waals surface area contributed by atoms with Gasteiger partial charge in [-0.15, -0.1) is 11.3 Å². The summed E-state index contributed by atoms with van der Waals surface area (Å²) in [6.07, 6.45) is 2.49. The summed E-state index contributed by atoms with van der Waals surface area (Å²) in [4.78, 5) is 5.91. The summed E-state index contributed by atoms with van der Waals surface area (Å²) in [5, 5.41) is 5.25. The fraction of sp³-hybridized carbons (Fsp3) is 0.643. The van der Waals surface area contributed by atoms with Crippen molar-refractivity contribution in [3.63, 3.8) is 0 Å². The Morgan fingerprint density at radius 1 is 1.42 bits per heavy atom. The molecule has 2 atom stereocenters. The zero-order chi connectivity index (χ0) is 13.8. The Morgan fingerprint density at radius 2 is 2.16 bits per heavy atom. The molecule has 19 heavy (non-hydrogen) atoms. The van der Waals surface area contributed by atoms with Gasteiger partial charge in [-0.1, -0.05) is 50.1 Å². The lowest BCUT2D eigenvalue weighted by molar-refractivity contribution is 0.479. The topological polar surface area (TPSA) is 24.4 Å². The van der Waals surface area contributed by atoms with Crippen LogP contribution in [0, 0.1) is 5.92 Å². The summed E-state index contributed by atoms with van der Waals surface area (Å²) in [5.41, 5.74) is 0. The molecule has 2 unspecified atom stereocenters. The van der Waals surface area contributed by atoms with Gasteiger partial charge in [0, 0.05) is 10.1 Å². The predicted molar refractivity (Wildman–Crippen MR) is 88.6 cm³/mol. The summed E-state index contributed by atoms with van der Waals surface area (Å²) in [6, 6.07) is 4.32. The zero-order valence-electron chi connectivity index (χ0n) is 11.6. The Hall–Kier alpha value is -0.190. The first-order valence-electron chi connectivity index (χ1n) is 6.86. The van der Waals surface area contributed by atoms with E-state index in [1.54, 1.807) is 11.3 Å². The first kappa shape index (κ1) is 15.2. The van der Waals surface area contributed by atoms with Gasteiger partial charge in [0.1, 0.15) is 0 Å². The lowest BCUT2D eigenvalue weighted by Gasteiger charge is -2.19. The monoisotopic (exact) mass is 316 g/mol. The second kappa shape index (κ2) is 7.00. The number of hydrogen-bond donors (Lipinski definition) is 1. The third-order valence-corrected chi connectivity index (χ3v) is 6.33. The summed E-state index contributed by atoms with van der Waals surface area (Å²) >= 11 is 9.52. The molecular formula is C14H21ClN2S2. The Kier molecular flexibility index (Phi) is 5.60. The minimum Gasteiger partial charge on any atom is -0.358 e. The molecule has 2 heterocycles. The van der Waals surface area contributed by atoms with Crippen LogP contribution in [0.3, 0.4) is 0 Å². The van der Waals surface area contributed by atoms with E-state index in [9.17, 15) is 0 Å². The van der Waals surface area contributed by atoms with Gasteiger partial charge in [0.15, 0.2) is 5.17 Å². The van der Waals surface area contributed by atoms with Crippen LogP contribution < -0.4 is 5.32 Å². The van der Waals surface area contributed by atoms with Crippen LogP contribution >= 0.6 is 34.7 Å². The first-order chi connectivity index (χ1) is 9.13. The minimum atomic E-state index is 0.282. The highest BCUT2D eigenvalue weighted by molar-refractivity contribution is 8.14. The highest BCUT2D eigenvalue weighted by atomic mass is 35.5. The molecule has 1 aromatic heterocycles. The van der Waals surface area contributed by atoms with Crippen LogP contribution in [-0.2, 0) is 0 Å². The first-order valence-corrected chi connectivity index (χ1v) is 8.94. The number of thiophene rings is 1. The molecule has 0 fully saturated rings. The van der Waals surface area contributed by atoms with Crippen LogP contribution in [0.2, 0.25) is 4.34 Å². The average molecular weight is 317 g/mol. The number of nitrogens with one attached hydrogen (secondary N) is 1. The molecule has 2 rings (SSSR count). The number of amidine groups is 1. The number of nitrogens with zero attached hydrogens (tertiary/aromatic N) is 1. The Labute approximate surface area is 129 Å². The molecule has 0 saturated heterocycles. The summed E-state index contributed by atoms with van der Waals surface area (Å²) in [7, 11) is 0. The van der Waals surface area contributed by atoms with Crippen molar-refractivity contribution in [3.05, 3.63) is 21.3 Å². The molecule has 0 aliphatic carbocycles. The van der Waals surface area contributed by atoms with Gasteiger partial charge in [0.2, 0.25) is 0 Å². The maximum atomic E-state index is 5.98. The van der Waals surface area contributed by atoms with Gasteiger partial charge in [0.05, 0.1) is 16.9 Å². The van der Waals surface area contributed by atoms with Crippen molar-refractivity contribution in [2.45, 2.75) is 44.9 Å². The lowest BCUT2D eigenvalue weighted by Crippen LogP contribution is -2.24. The van der Waals surface area contributed by atoms with Crippen molar-refractivity contribution in [1.82, 2.24) is 5.32 Å². The van der Waals surface area contributed by atoms with E-state index in [2.05, 4.69) is 37.1 Å². The average Bonchev–Trinajstić information content (AvgIpc) is 3.00. The number of thioether (sulfide) groups is 1. The van der Waals surface area contributed by atoms with Crippen molar-refractivity contribution in [2.24, 2.45) is 10.9 Å². The van der Waals surface area contributed by atoms with E-state index in [-0.39, 0.29) is 6.04 Å². The van der Waals surface area contributed by atoms with Gasteiger partial charge in [-0.2, -0.15) is 0 Å². The van der Waals surface area contributed by atoms with E-state index in [4.69, 9.17) is 11.6 Å². The van der Waals surface area contributed by atoms with E-state index >= 15 is 0 Å². The van der Waals surface area contributed by atoms with Crippen molar-refractivity contribution in [3.8, 4) is 0 Å². The molecule has 0 aromatic carbocycles. The van der Waals surface area contributed by atoms with Gasteiger partial charge in [0.25, 0.3) is 0 Å². The van der Waals surface area contributed by atoms with E-state index in [0.717, 1.165) is 22.0 Å². The third kappa shape index (κ3) is 3.89. The van der Waals surface area contributed by atoms with Crippen LogP contribution in [0.15, 0.2) is 17.1 Å². The summed E-state index contributed by atoms with van der Waals surface area (Å²) in [5.74, 6) is 0.777. The zero-order valence-corrected chi connectivity index (χ0v) is 14.0. The third-order valence-electron chi connectivity index (χ3n) is 3.61. The van der Waals surface area contributed by atoms with Gasteiger partial charge >= 0.3 is 0 Å². The molecule has 0 saturated carbocycles. The Bertz CT molecular complexity index is 440. The number of aliphatic imine (C=N–C) groups is 1. The van der Waals surface area contributed by atoms with Crippen molar-refractivity contribution < 1.29 is 0 Å². The van der Waals surface area contributed by atoms with Crippen molar-refractivity contribution in [2.75, 3.05) is 6.54 Å². The smallest absolute Gasteiger partial charge is 0.157 e. The van der Waals surface area contributed by atoms with Crippen LogP contribution in [0.4, 0.5) is 0 Å². The largest absolute Gasteiger partial charge is 0.358 e. The highest BCUT2D eigenvalue weighted by Gasteiger charge is 2.26. The molecule has 1 aromatic rings. The molecule has 1 aliphatic heterocycles. The minimum absolute atomic E-state index is 0.282. The molecule has 106 valence electrons. The highest BCUT2D eigenvalue weighted by Crippen LogP contribution is 2.32. The fourth-order valence-corrected chi connectivity index (χ4v) is 4.82. The lowest BCUT2D eigenvalue weighted by atomic mass is 9.99. The summed E-state index contributed by atoms with van der Waals surface area (Å²) < 4.78 is 0.847.